The molecule has 0 unspecified atom stereocenters. The van der Waals surface area contributed by atoms with E-state index in [0.717, 1.165) is 5.69 Å². The minimum absolute atomic E-state index is 0.0222. The molecule has 0 amide bonds. The highest BCUT2D eigenvalue weighted by molar-refractivity contribution is 14.1. The molecule has 1 N–H and O–H groups in total. The number of hydrogen-bond donors (Lipinski definition) is 1. The predicted molar refractivity (Wildman–Crippen MR) is 79.9 cm³/mol. The van der Waals surface area contributed by atoms with Crippen molar-refractivity contribution in [2.45, 2.75) is 32.6 Å². The Hall–Kier alpha value is -0.910. The van der Waals surface area contributed by atoms with Gasteiger partial charge in [0.25, 0.3) is 0 Å². The molecule has 1 aliphatic rings. The number of carbonyl (C=O) groups is 1. The first-order valence-electron chi connectivity index (χ1n) is 5.98. The van der Waals surface area contributed by atoms with E-state index in [0.29, 0.717) is 6.54 Å². The monoisotopic (exact) mass is 358 g/mol. The molecule has 0 bridgehead atoms. The van der Waals surface area contributed by atoms with E-state index in [-0.39, 0.29) is 11.8 Å². The van der Waals surface area contributed by atoms with Crippen LogP contribution in [0.15, 0.2) is 18.2 Å². The minimum atomic E-state index is -0.750. The fourth-order valence-electron chi connectivity index (χ4n) is 2.55. The Morgan fingerprint density at radius 2 is 2.11 bits per heavy atom. The number of hydrogen-bond acceptors (Lipinski definition) is 1. The summed E-state index contributed by atoms with van der Waals surface area (Å²) in [6.07, 6.45) is 0.165. The number of carboxylic acid groups (broad SMARTS) is 1. The number of aliphatic carboxylic acids is 1. The van der Waals surface area contributed by atoms with E-state index < -0.39 is 5.97 Å². The third kappa shape index (κ3) is 2.06. The average molecular weight is 358 g/mol. The maximum Gasteiger partial charge on any atom is 0.309 e. The minimum Gasteiger partial charge on any atom is -0.481 e. The number of fused-ring (bicyclic) bond motifs is 1. The molecule has 1 aliphatic heterocycles. The van der Waals surface area contributed by atoms with Gasteiger partial charge >= 0.3 is 5.97 Å². The van der Waals surface area contributed by atoms with Crippen LogP contribution in [0.2, 0.25) is 0 Å². The quantitative estimate of drug-likeness (QED) is 0.666. The lowest BCUT2D eigenvalue weighted by Gasteiger charge is -2.16. The van der Waals surface area contributed by atoms with Crippen molar-refractivity contribution >= 4 is 40.0 Å². The number of benzene rings is 1. The third-order valence-corrected chi connectivity index (χ3v) is 4.67. The van der Waals surface area contributed by atoms with Crippen molar-refractivity contribution in [1.82, 2.24) is 0 Å². The van der Waals surface area contributed by atoms with E-state index in [2.05, 4.69) is 60.1 Å². The van der Waals surface area contributed by atoms with Crippen LogP contribution in [-0.2, 0) is 10.2 Å². The van der Waals surface area contributed by atoms with Crippen LogP contribution >= 0.6 is 22.6 Å². The molecule has 0 saturated carbocycles. The molecule has 0 radical (unpaired) electrons. The highest BCUT2D eigenvalue weighted by atomic mass is 127. The van der Waals surface area contributed by atoms with Crippen molar-refractivity contribution in [2.24, 2.45) is 0 Å². The number of halogens is 1. The van der Waals surface area contributed by atoms with Crippen molar-refractivity contribution in [3.05, 3.63) is 27.3 Å². The highest BCUT2D eigenvalue weighted by Gasteiger charge is 2.44. The van der Waals surface area contributed by atoms with Gasteiger partial charge in [-0.2, -0.15) is 4.58 Å². The Labute approximate surface area is 121 Å². The summed E-state index contributed by atoms with van der Waals surface area (Å²) in [7, 11) is 0. The summed E-state index contributed by atoms with van der Waals surface area (Å²) < 4.78 is 3.39. The molecule has 1 aromatic carbocycles. The second kappa shape index (κ2) is 4.64. The summed E-state index contributed by atoms with van der Waals surface area (Å²) in [6, 6.07) is 6.22. The van der Waals surface area contributed by atoms with E-state index in [1.54, 1.807) is 0 Å². The van der Waals surface area contributed by atoms with Crippen LogP contribution in [0.4, 0.5) is 5.69 Å². The van der Waals surface area contributed by atoms with Crippen molar-refractivity contribution in [2.75, 3.05) is 6.54 Å². The van der Waals surface area contributed by atoms with Crippen LogP contribution in [0.1, 0.15) is 32.8 Å². The molecule has 3 nitrogen and oxygen atoms in total. The fraction of sp³-hybridized carbons (Fsp3) is 0.429. The van der Waals surface area contributed by atoms with Crippen LogP contribution in [0, 0.1) is 3.57 Å². The van der Waals surface area contributed by atoms with Gasteiger partial charge in [-0.1, -0.05) is 6.07 Å². The molecule has 0 fully saturated rings. The zero-order chi connectivity index (χ0) is 13.5. The first kappa shape index (κ1) is 13.5. The molecule has 1 heterocycles. The Morgan fingerprint density at radius 3 is 2.72 bits per heavy atom. The maximum atomic E-state index is 10.8. The fourth-order valence-corrected chi connectivity index (χ4v) is 3.71. The van der Waals surface area contributed by atoms with Gasteiger partial charge in [-0.05, 0) is 42.5 Å². The lowest BCUT2D eigenvalue weighted by Crippen LogP contribution is -2.27. The van der Waals surface area contributed by atoms with Gasteiger partial charge in [0.2, 0.25) is 5.69 Å². The summed E-state index contributed by atoms with van der Waals surface area (Å²) in [6.45, 7) is 7.03. The van der Waals surface area contributed by atoms with Crippen molar-refractivity contribution in [3.63, 3.8) is 0 Å². The molecule has 0 atom stereocenters. The second-order valence-corrected chi connectivity index (χ2v) is 6.30. The van der Waals surface area contributed by atoms with Crippen molar-refractivity contribution in [3.8, 4) is 0 Å². The van der Waals surface area contributed by atoms with E-state index in [9.17, 15) is 4.79 Å². The second-order valence-electron chi connectivity index (χ2n) is 5.14. The summed E-state index contributed by atoms with van der Waals surface area (Å²) in [5.74, 6) is -0.750. The normalized spacial score (nSPS) is 16.9. The molecule has 18 heavy (non-hydrogen) atoms. The average Bonchev–Trinajstić information content (AvgIpc) is 2.46. The van der Waals surface area contributed by atoms with Crippen molar-refractivity contribution < 1.29 is 14.5 Å². The van der Waals surface area contributed by atoms with Crippen LogP contribution in [0.3, 0.4) is 0 Å². The van der Waals surface area contributed by atoms with Crippen LogP contribution in [-0.4, -0.2) is 27.9 Å². The lowest BCUT2D eigenvalue weighted by atomic mass is 9.82. The van der Waals surface area contributed by atoms with Crippen LogP contribution < -0.4 is 0 Å². The van der Waals surface area contributed by atoms with Crippen molar-refractivity contribution in [1.29, 1.82) is 0 Å². The van der Waals surface area contributed by atoms with Crippen LogP contribution in [0.5, 0.6) is 0 Å². The van der Waals surface area contributed by atoms with Gasteiger partial charge in [0.15, 0.2) is 12.3 Å². The smallest absolute Gasteiger partial charge is 0.309 e. The Kier molecular flexibility index (Phi) is 3.49. The first-order chi connectivity index (χ1) is 8.35. The third-order valence-electron chi connectivity index (χ3n) is 3.77. The van der Waals surface area contributed by atoms with Gasteiger partial charge in [-0.3, -0.25) is 4.79 Å². The van der Waals surface area contributed by atoms with Gasteiger partial charge in [0, 0.05) is 16.6 Å². The summed E-state index contributed by atoms with van der Waals surface area (Å²) in [5.41, 5.74) is 3.67. The van der Waals surface area contributed by atoms with E-state index in [1.165, 1.54) is 14.8 Å². The molecular weight excluding hydrogens is 341 g/mol. The topological polar surface area (TPSA) is 40.3 Å². The van der Waals surface area contributed by atoms with Gasteiger partial charge in [0.1, 0.15) is 6.42 Å². The number of nitrogens with zero attached hydrogens (tertiary/aromatic N) is 1. The number of carboxylic acids is 1. The van der Waals surface area contributed by atoms with E-state index in [1.807, 2.05) is 6.07 Å². The molecule has 0 spiro atoms. The van der Waals surface area contributed by atoms with Gasteiger partial charge in [-0.25, -0.2) is 0 Å². The Balaban J connectivity index is 2.51. The zero-order valence-electron chi connectivity index (χ0n) is 10.8. The molecule has 1 aromatic rings. The first-order valence-corrected chi connectivity index (χ1v) is 7.06. The molecular formula is C14H17INO2+. The molecule has 2 rings (SSSR count). The Morgan fingerprint density at radius 1 is 1.44 bits per heavy atom. The molecule has 4 heteroatoms. The zero-order valence-corrected chi connectivity index (χ0v) is 13.0. The van der Waals surface area contributed by atoms with Crippen LogP contribution in [0.25, 0.3) is 0 Å². The van der Waals surface area contributed by atoms with E-state index in [4.69, 9.17) is 5.11 Å². The summed E-state index contributed by atoms with van der Waals surface area (Å²) in [4.78, 5) is 10.8. The number of rotatable bonds is 3. The molecule has 96 valence electrons. The molecule has 0 aromatic heterocycles. The SMILES string of the molecule is CC1=[N+](CCC(=O)O)c2cccc(I)c2C1(C)C. The van der Waals surface area contributed by atoms with E-state index >= 15 is 0 Å². The molecule has 0 aliphatic carbocycles. The van der Waals surface area contributed by atoms with Gasteiger partial charge < -0.3 is 5.11 Å². The predicted octanol–water partition coefficient (Wildman–Crippen LogP) is 3.16. The maximum absolute atomic E-state index is 10.8. The summed E-state index contributed by atoms with van der Waals surface area (Å²) in [5, 5.41) is 8.86. The summed E-state index contributed by atoms with van der Waals surface area (Å²) >= 11 is 2.36. The largest absolute Gasteiger partial charge is 0.481 e. The standard InChI is InChI=1S/C14H16INO2/c1-9-14(2,3)13-10(15)5-4-6-11(13)16(9)8-7-12(17)18/h4-6H,7-8H2,1-3H3/p+1. The highest BCUT2D eigenvalue weighted by Crippen LogP contribution is 2.41. The lowest BCUT2D eigenvalue weighted by molar-refractivity contribution is -0.438. The molecule has 0 saturated heterocycles. The van der Waals surface area contributed by atoms with Gasteiger partial charge in [0.05, 0.1) is 11.0 Å². The Bertz CT molecular complexity index is 547. The van der Waals surface area contributed by atoms with Gasteiger partial charge in [-0.15, -0.1) is 0 Å².